The Morgan fingerprint density at radius 1 is 1.11 bits per heavy atom. The van der Waals surface area contributed by atoms with Crippen LogP contribution in [-0.2, 0) is 14.4 Å². The highest BCUT2D eigenvalue weighted by Crippen LogP contribution is 2.31. The molecule has 1 saturated carbocycles. The number of hydrogen-bond donors (Lipinski definition) is 2. The Labute approximate surface area is 152 Å². The Balaban J connectivity index is 1.97. The highest BCUT2D eigenvalue weighted by molar-refractivity contribution is 6.45. The summed E-state index contributed by atoms with van der Waals surface area (Å²) >= 11 is 0. The number of carbonyl (C=O) groups is 5. The van der Waals surface area contributed by atoms with Crippen molar-refractivity contribution in [3.63, 3.8) is 0 Å². The summed E-state index contributed by atoms with van der Waals surface area (Å²) in [5.41, 5.74) is 0. The van der Waals surface area contributed by atoms with Gasteiger partial charge >= 0.3 is 30.1 Å². The van der Waals surface area contributed by atoms with Crippen molar-refractivity contribution in [1.82, 2.24) is 20.4 Å². The fraction of sp³-hybridized carbons (Fsp3) is 0.667. The standard InChI is InChI=1S/C15H19F3N4O5/c1-8-4-2-3-5-9(8)22-12(25)11(24)21(14(22)27)6-10(23)20-13(26)19-7-15(16,17)18/h8-9H,2-7H2,1H3,(H2,19,20,23,26)/t8-,9-/m0/s1. The highest BCUT2D eigenvalue weighted by Gasteiger charge is 2.49. The number of carbonyl (C=O) groups excluding carboxylic acids is 5. The molecule has 150 valence electrons. The molecule has 2 aliphatic rings. The van der Waals surface area contributed by atoms with Gasteiger partial charge in [-0.25, -0.2) is 14.5 Å². The zero-order valence-corrected chi connectivity index (χ0v) is 14.5. The molecule has 27 heavy (non-hydrogen) atoms. The minimum atomic E-state index is -4.66. The van der Waals surface area contributed by atoms with Crippen LogP contribution in [0, 0.1) is 5.92 Å². The van der Waals surface area contributed by atoms with Gasteiger partial charge in [0.2, 0.25) is 5.91 Å². The smallest absolute Gasteiger partial charge is 0.329 e. The Morgan fingerprint density at radius 3 is 2.33 bits per heavy atom. The second kappa shape index (κ2) is 7.92. The summed E-state index contributed by atoms with van der Waals surface area (Å²) in [7, 11) is 0. The maximum atomic E-state index is 12.4. The third-order valence-corrected chi connectivity index (χ3v) is 4.49. The molecule has 0 bridgehead atoms. The molecule has 1 aliphatic heterocycles. The van der Waals surface area contributed by atoms with E-state index in [1.165, 1.54) is 5.32 Å². The van der Waals surface area contributed by atoms with Crippen molar-refractivity contribution < 1.29 is 37.1 Å². The van der Waals surface area contributed by atoms with Crippen LogP contribution in [-0.4, -0.2) is 64.9 Å². The second-order valence-electron chi connectivity index (χ2n) is 6.52. The average molecular weight is 392 g/mol. The summed E-state index contributed by atoms with van der Waals surface area (Å²) in [4.78, 5) is 60.9. The molecule has 2 fully saturated rings. The normalized spacial score (nSPS) is 23.6. The lowest BCUT2D eigenvalue weighted by atomic mass is 9.85. The lowest BCUT2D eigenvalue weighted by molar-refractivity contribution is -0.145. The van der Waals surface area contributed by atoms with E-state index in [4.69, 9.17) is 0 Å². The van der Waals surface area contributed by atoms with Gasteiger partial charge in [-0.05, 0) is 18.8 Å². The topological polar surface area (TPSA) is 116 Å². The molecule has 2 rings (SSSR count). The third kappa shape index (κ3) is 4.95. The van der Waals surface area contributed by atoms with Gasteiger partial charge in [-0.3, -0.25) is 24.6 Å². The first-order valence-electron chi connectivity index (χ1n) is 8.34. The van der Waals surface area contributed by atoms with Crippen LogP contribution in [0.25, 0.3) is 0 Å². The molecular weight excluding hydrogens is 373 g/mol. The first-order chi connectivity index (χ1) is 12.5. The van der Waals surface area contributed by atoms with E-state index >= 15 is 0 Å². The largest absolute Gasteiger partial charge is 0.405 e. The zero-order valence-electron chi connectivity index (χ0n) is 14.5. The molecule has 0 spiro atoms. The molecule has 0 radical (unpaired) electrons. The number of imide groups is 3. The van der Waals surface area contributed by atoms with Crippen molar-refractivity contribution in [2.75, 3.05) is 13.1 Å². The summed E-state index contributed by atoms with van der Waals surface area (Å²) in [5.74, 6) is -3.44. The van der Waals surface area contributed by atoms with Crippen LogP contribution in [0.2, 0.25) is 0 Å². The molecule has 2 N–H and O–H groups in total. The Bertz CT molecular complexity index is 666. The quantitative estimate of drug-likeness (QED) is 0.541. The number of rotatable bonds is 4. The van der Waals surface area contributed by atoms with Gasteiger partial charge in [-0.2, -0.15) is 13.2 Å². The summed E-state index contributed by atoms with van der Waals surface area (Å²) in [5, 5.41) is 2.99. The second-order valence-corrected chi connectivity index (χ2v) is 6.52. The van der Waals surface area contributed by atoms with Gasteiger partial charge in [0.05, 0.1) is 0 Å². The van der Waals surface area contributed by atoms with Gasteiger partial charge in [0, 0.05) is 6.04 Å². The van der Waals surface area contributed by atoms with Gasteiger partial charge in [0.25, 0.3) is 0 Å². The zero-order chi connectivity index (χ0) is 20.4. The van der Waals surface area contributed by atoms with E-state index in [2.05, 4.69) is 0 Å². The van der Waals surface area contributed by atoms with Crippen molar-refractivity contribution in [3.8, 4) is 0 Å². The van der Waals surface area contributed by atoms with Gasteiger partial charge in [-0.15, -0.1) is 0 Å². The van der Waals surface area contributed by atoms with Gasteiger partial charge in [0.1, 0.15) is 13.1 Å². The van der Waals surface area contributed by atoms with E-state index in [-0.39, 0.29) is 5.92 Å². The van der Waals surface area contributed by atoms with Crippen molar-refractivity contribution in [3.05, 3.63) is 0 Å². The predicted octanol–water partition coefficient (Wildman–Crippen LogP) is 0.744. The molecule has 1 aliphatic carbocycles. The fourth-order valence-corrected chi connectivity index (χ4v) is 3.17. The molecule has 1 heterocycles. The summed E-state index contributed by atoms with van der Waals surface area (Å²) in [6.07, 6.45) is -1.59. The lowest BCUT2D eigenvalue weighted by Gasteiger charge is -2.34. The number of hydrogen-bond acceptors (Lipinski definition) is 5. The Morgan fingerprint density at radius 2 is 1.74 bits per heavy atom. The fourth-order valence-electron chi connectivity index (χ4n) is 3.17. The number of alkyl halides is 3. The molecule has 1 saturated heterocycles. The summed E-state index contributed by atoms with van der Waals surface area (Å²) < 4.78 is 36.0. The van der Waals surface area contributed by atoms with Gasteiger partial charge < -0.3 is 5.32 Å². The third-order valence-electron chi connectivity index (χ3n) is 4.49. The molecule has 7 amide bonds. The first kappa shape index (κ1) is 20.6. The van der Waals surface area contributed by atoms with Crippen LogP contribution < -0.4 is 10.6 Å². The van der Waals surface area contributed by atoms with Crippen LogP contribution in [0.5, 0.6) is 0 Å². The Hall–Kier alpha value is -2.66. The minimum absolute atomic E-state index is 0.00127. The molecule has 0 aromatic heterocycles. The number of nitrogens with zero attached hydrogens (tertiary/aromatic N) is 2. The van der Waals surface area contributed by atoms with Crippen LogP contribution in [0.15, 0.2) is 0 Å². The van der Waals surface area contributed by atoms with E-state index in [0.717, 1.165) is 24.2 Å². The number of amides is 7. The molecule has 0 aromatic carbocycles. The molecular formula is C15H19F3N4O5. The number of halogens is 3. The number of nitrogens with one attached hydrogen (secondary N) is 2. The van der Waals surface area contributed by atoms with Crippen molar-refractivity contribution in [2.24, 2.45) is 5.92 Å². The maximum Gasteiger partial charge on any atom is 0.405 e. The maximum absolute atomic E-state index is 12.4. The first-order valence-corrected chi connectivity index (χ1v) is 8.34. The summed E-state index contributed by atoms with van der Waals surface area (Å²) in [6.45, 7) is -0.741. The van der Waals surface area contributed by atoms with Gasteiger partial charge in [0.15, 0.2) is 0 Å². The molecule has 0 aromatic rings. The van der Waals surface area contributed by atoms with Crippen molar-refractivity contribution in [2.45, 2.75) is 44.8 Å². The van der Waals surface area contributed by atoms with Crippen molar-refractivity contribution >= 4 is 29.8 Å². The molecule has 9 nitrogen and oxygen atoms in total. The van der Waals surface area contributed by atoms with Gasteiger partial charge in [-0.1, -0.05) is 19.8 Å². The molecule has 12 heteroatoms. The molecule has 2 atom stereocenters. The van der Waals surface area contributed by atoms with E-state index in [1.807, 2.05) is 6.92 Å². The Kier molecular flexibility index (Phi) is 6.06. The van der Waals surface area contributed by atoms with Crippen LogP contribution in [0.1, 0.15) is 32.6 Å². The monoisotopic (exact) mass is 392 g/mol. The van der Waals surface area contributed by atoms with E-state index in [0.29, 0.717) is 11.3 Å². The van der Waals surface area contributed by atoms with E-state index < -0.39 is 55.1 Å². The lowest BCUT2D eigenvalue weighted by Crippen LogP contribution is -2.49. The van der Waals surface area contributed by atoms with E-state index in [1.54, 1.807) is 5.32 Å². The SMILES string of the molecule is C[C@H]1CCCC[C@@H]1N1C(=O)C(=O)N(CC(=O)NC(=O)NCC(F)(F)F)C1=O. The molecule has 0 unspecified atom stereocenters. The highest BCUT2D eigenvalue weighted by atomic mass is 19.4. The average Bonchev–Trinajstić information content (AvgIpc) is 2.77. The van der Waals surface area contributed by atoms with Crippen LogP contribution >= 0.6 is 0 Å². The predicted molar refractivity (Wildman–Crippen MR) is 83.0 cm³/mol. The van der Waals surface area contributed by atoms with E-state index in [9.17, 15) is 37.1 Å². The number of urea groups is 2. The minimum Gasteiger partial charge on any atom is -0.329 e. The van der Waals surface area contributed by atoms with Crippen LogP contribution in [0.4, 0.5) is 22.8 Å². The van der Waals surface area contributed by atoms with Crippen molar-refractivity contribution in [1.29, 1.82) is 0 Å². The summed E-state index contributed by atoms with van der Waals surface area (Å²) in [6, 6.07) is -2.85. The van der Waals surface area contributed by atoms with Crippen LogP contribution in [0.3, 0.4) is 0 Å².